The van der Waals surface area contributed by atoms with Crippen molar-refractivity contribution in [2.24, 2.45) is 5.92 Å². The Morgan fingerprint density at radius 3 is 2.57 bits per heavy atom. The second kappa shape index (κ2) is 2.81. The van der Waals surface area contributed by atoms with Crippen LogP contribution in [0, 0.1) is 22.7 Å². The molecule has 74 valence electrons. The first-order valence-corrected chi connectivity index (χ1v) is 4.90. The second-order valence-corrected chi connectivity index (χ2v) is 4.11. The lowest BCUT2D eigenvalue weighted by atomic mass is 9.89. The Morgan fingerprint density at radius 2 is 2.14 bits per heavy atom. The third kappa shape index (κ3) is 0.872. The third-order valence-corrected chi connectivity index (χ3v) is 3.57. The van der Waals surface area contributed by atoms with E-state index in [1.807, 2.05) is 6.07 Å². The minimum atomic E-state index is -0.821. The molecule has 4 heteroatoms. The molecule has 1 amide bonds. The Morgan fingerprint density at radius 1 is 1.57 bits per heavy atom. The molecule has 1 saturated carbocycles. The SMILES string of the molecule is CN1C(=O)[C@H](C#N)C(=N)C12CCCC2. The van der Waals surface area contributed by atoms with Crippen LogP contribution in [-0.2, 0) is 4.79 Å². The van der Waals surface area contributed by atoms with Gasteiger partial charge in [0.1, 0.15) is 0 Å². The largest absolute Gasteiger partial charge is 0.333 e. The number of amides is 1. The van der Waals surface area contributed by atoms with E-state index in [4.69, 9.17) is 10.7 Å². The summed E-state index contributed by atoms with van der Waals surface area (Å²) in [7, 11) is 1.72. The van der Waals surface area contributed by atoms with E-state index in [9.17, 15) is 4.79 Å². The molecule has 2 aliphatic rings. The quantitative estimate of drug-likeness (QED) is 0.619. The molecule has 1 saturated heterocycles. The van der Waals surface area contributed by atoms with Crippen molar-refractivity contribution in [2.75, 3.05) is 7.05 Å². The van der Waals surface area contributed by atoms with Crippen LogP contribution in [0.1, 0.15) is 25.7 Å². The number of likely N-dealkylation sites (tertiary alicyclic amines) is 1. The Balaban J connectivity index is 2.41. The lowest BCUT2D eigenvalue weighted by Crippen LogP contribution is -2.44. The van der Waals surface area contributed by atoms with E-state index >= 15 is 0 Å². The number of carbonyl (C=O) groups excluding carboxylic acids is 1. The average Bonchev–Trinajstić information content (AvgIpc) is 2.72. The Labute approximate surface area is 83.0 Å². The predicted molar refractivity (Wildman–Crippen MR) is 50.8 cm³/mol. The van der Waals surface area contributed by atoms with Gasteiger partial charge in [-0.05, 0) is 12.8 Å². The zero-order valence-electron chi connectivity index (χ0n) is 8.21. The van der Waals surface area contributed by atoms with E-state index in [0.29, 0.717) is 5.71 Å². The van der Waals surface area contributed by atoms with Crippen molar-refractivity contribution < 1.29 is 4.79 Å². The maximum Gasteiger partial charge on any atom is 0.246 e. The highest BCUT2D eigenvalue weighted by Gasteiger charge is 2.54. The van der Waals surface area contributed by atoms with Crippen LogP contribution in [-0.4, -0.2) is 29.1 Å². The van der Waals surface area contributed by atoms with Gasteiger partial charge in [0.05, 0.1) is 17.3 Å². The van der Waals surface area contributed by atoms with E-state index in [1.165, 1.54) is 0 Å². The molecule has 4 nitrogen and oxygen atoms in total. The fourth-order valence-corrected chi connectivity index (χ4v) is 2.66. The van der Waals surface area contributed by atoms with Gasteiger partial charge < -0.3 is 10.3 Å². The van der Waals surface area contributed by atoms with Crippen LogP contribution in [0.3, 0.4) is 0 Å². The topological polar surface area (TPSA) is 68.0 Å². The second-order valence-electron chi connectivity index (χ2n) is 4.11. The molecule has 0 unspecified atom stereocenters. The maximum atomic E-state index is 11.7. The molecular formula is C10H13N3O. The summed E-state index contributed by atoms with van der Waals surface area (Å²) < 4.78 is 0. The lowest BCUT2D eigenvalue weighted by Gasteiger charge is -2.31. The predicted octanol–water partition coefficient (Wildman–Crippen LogP) is 0.931. The number of nitrogens with one attached hydrogen (secondary N) is 1. The molecule has 1 aliphatic heterocycles. The molecule has 2 fully saturated rings. The summed E-state index contributed by atoms with van der Waals surface area (Å²) in [5, 5.41) is 16.8. The van der Waals surface area contributed by atoms with Crippen molar-refractivity contribution in [3.8, 4) is 6.07 Å². The van der Waals surface area contributed by atoms with Crippen LogP contribution < -0.4 is 0 Å². The van der Waals surface area contributed by atoms with E-state index < -0.39 is 11.5 Å². The molecule has 0 aromatic rings. The fourth-order valence-electron chi connectivity index (χ4n) is 2.66. The van der Waals surface area contributed by atoms with E-state index in [0.717, 1.165) is 25.7 Å². The average molecular weight is 191 g/mol. The van der Waals surface area contributed by atoms with Crippen LogP contribution in [0.4, 0.5) is 0 Å². The van der Waals surface area contributed by atoms with Gasteiger partial charge in [0, 0.05) is 7.05 Å². The molecule has 1 atom stereocenters. The van der Waals surface area contributed by atoms with Crippen molar-refractivity contribution >= 4 is 11.6 Å². The van der Waals surface area contributed by atoms with Crippen molar-refractivity contribution in [2.45, 2.75) is 31.2 Å². The lowest BCUT2D eigenvalue weighted by molar-refractivity contribution is -0.131. The first kappa shape index (κ1) is 9.20. The van der Waals surface area contributed by atoms with Crippen LogP contribution in [0.5, 0.6) is 0 Å². The molecule has 1 N–H and O–H groups in total. The van der Waals surface area contributed by atoms with E-state index in [1.54, 1.807) is 11.9 Å². The van der Waals surface area contributed by atoms with E-state index in [-0.39, 0.29) is 5.91 Å². The first-order chi connectivity index (χ1) is 6.63. The molecule has 1 heterocycles. The van der Waals surface area contributed by atoms with Gasteiger partial charge >= 0.3 is 0 Å². The molecule has 14 heavy (non-hydrogen) atoms. The van der Waals surface area contributed by atoms with Crippen molar-refractivity contribution in [3.63, 3.8) is 0 Å². The minimum Gasteiger partial charge on any atom is -0.333 e. The maximum absolute atomic E-state index is 11.7. The summed E-state index contributed by atoms with van der Waals surface area (Å²) in [6.45, 7) is 0. The highest BCUT2D eigenvalue weighted by Crippen LogP contribution is 2.42. The minimum absolute atomic E-state index is 0.195. The van der Waals surface area contributed by atoms with Gasteiger partial charge in [0.15, 0.2) is 5.92 Å². The zero-order valence-corrected chi connectivity index (χ0v) is 8.21. The molecule has 1 spiro atoms. The summed E-state index contributed by atoms with van der Waals surface area (Å²) >= 11 is 0. The number of rotatable bonds is 0. The van der Waals surface area contributed by atoms with Gasteiger partial charge in [-0.25, -0.2) is 0 Å². The summed E-state index contributed by atoms with van der Waals surface area (Å²) in [4.78, 5) is 13.3. The highest BCUT2D eigenvalue weighted by atomic mass is 16.2. The Hall–Kier alpha value is -1.37. The molecule has 0 bridgehead atoms. The smallest absolute Gasteiger partial charge is 0.246 e. The Bertz CT molecular complexity index is 336. The van der Waals surface area contributed by atoms with Crippen molar-refractivity contribution in [3.05, 3.63) is 0 Å². The van der Waals surface area contributed by atoms with Crippen LogP contribution >= 0.6 is 0 Å². The zero-order chi connectivity index (χ0) is 10.3. The number of nitrogens with zero attached hydrogens (tertiary/aromatic N) is 2. The van der Waals surface area contributed by atoms with Crippen molar-refractivity contribution in [1.82, 2.24) is 4.90 Å². The summed E-state index contributed by atoms with van der Waals surface area (Å²) in [5.41, 5.74) is -0.0812. The van der Waals surface area contributed by atoms with E-state index in [2.05, 4.69) is 0 Å². The van der Waals surface area contributed by atoms with Gasteiger partial charge in [-0.2, -0.15) is 5.26 Å². The molecular weight excluding hydrogens is 178 g/mol. The summed E-state index contributed by atoms with van der Waals surface area (Å²) in [6.07, 6.45) is 3.81. The van der Waals surface area contributed by atoms with Crippen LogP contribution in [0.25, 0.3) is 0 Å². The number of carbonyl (C=O) groups is 1. The van der Waals surface area contributed by atoms with Gasteiger partial charge in [0.25, 0.3) is 0 Å². The van der Waals surface area contributed by atoms with Gasteiger partial charge in [0.2, 0.25) is 5.91 Å². The first-order valence-electron chi connectivity index (χ1n) is 4.90. The molecule has 0 aromatic carbocycles. The van der Waals surface area contributed by atoms with Crippen molar-refractivity contribution in [1.29, 1.82) is 10.7 Å². The number of nitriles is 1. The van der Waals surface area contributed by atoms with Gasteiger partial charge in [-0.15, -0.1) is 0 Å². The number of hydrogen-bond donors (Lipinski definition) is 1. The third-order valence-electron chi connectivity index (χ3n) is 3.57. The number of hydrogen-bond acceptors (Lipinski definition) is 3. The van der Waals surface area contributed by atoms with Crippen LogP contribution in [0.15, 0.2) is 0 Å². The monoisotopic (exact) mass is 191 g/mol. The standard InChI is InChI=1S/C10H13N3O/c1-13-9(14)7(6-11)8(12)10(13)4-2-3-5-10/h7,12H,2-5H2,1H3/t7-/m1/s1. The highest BCUT2D eigenvalue weighted by molar-refractivity contribution is 6.16. The Kier molecular flexibility index (Phi) is 1.84. The fraction of sp³-hybridized carbons (Fsp3) is 0.700. The van der Waals surface area contributed by atoms with Gasteiger partial charge in [-0.3, -0.25) is 4.79 Å². The van der Waals surface area contributed by atoms with Gasteiger partial charge in [-0.1, -0.05) is 12.8 Å². The van der Waals surface area contributed by atoms with Crippen LogP contribution in [0.2, 0.25) is 0 Å². The summed E-state index contributed by atoms with van der Waals surface area (Å²) in [5.74, 6) is -1.02. The molecule has 0 radical (unpaired) electrons. The molecule has 0 aromatic heterocycles. The normalized spacial score (nSPS) is 30.0. The summed E-state index contributed by atoms with van der Waals surface area (Å²) in [6, 6.07) is 1.93. The molecule has 1 aliphatic carbocycles. The molecule has 2 rings (SSSR count).